The van der Waals surface area contributed by atoms with Crippen LogP contribution < -0.4 is 26.6 Å². The SMILES string of the molecule is Nc1ccccc1NC(=O)CCCCCCC(=O)Nc1ccc([C@@H]2O[C@H](CN3CCC4(CC3)C(=O)NCN4c3ccccc3)C[C@H](c3ccc(CO)cc3)O2)cc1. The molecule has 6 N–H and O–H groups in total. The maximum absolute atomic E-state index is 13.2. The Morgan fingerprint density at radius 2 is 1.44 bits per heavy atom. The molecule has 0 saturated carbocycles. The van der Waals surface area contributed by atoms with E-state index in [1.54, 1.807) is 12.1 Å². The van der Waals surface area contributed by atoms with Crippen LogP contribution in [-0.2, 0) is 30.5 Å². The predicted molar refractivity (Wildman–Crippen MR) is 221 cm³/mol. The van der Waals surface area contributed by atoms with E-state index in [9.17, 15) is 19.5 Å². The third kappa shape index (κ3) is 10.0. The molecule has 3 aliphatic rings. The Labute approximate surface area is 334 Å². The number of hydrogen-bond acceptors (Lipinski definition) is 9. The summed E-state index contributed by atoms with van der Waals surface area (Å²) >= 11 is 0. The molecule has 4 aromatic rings. The summed E-state index contributed by atoms with van der Waals surface area (Å²) in [6.07, 6.45) is 5.15. The lowest BCUT2D eigenvalue weighted by molar-refractivity contribution is -0.253. The number of aliphatic hydroxyl groups excluding tert-OH is 1. The van der Waals surface area contributed by atoms with Gasteiger partial charge in [0.25, 0.3) is 0 Å². The minimum Gasteiger partial charge on any atom is -0.397 e. The summed E-state index contributed by atoms with van der Waals surface area (Å²) < 4.78 is 13.2. The number of nitrogens with zero attached hydrogens (tertiary/aromatic N) is 2. The van der Waals surface area contributed by atoms with Crippen molar-refractivity contribution < 1.29 is 29.0 Å². The van der Waals surface area contributed by atoms with Gasteiger partial charge in [-0.3, -0.25) is 14.4 Å². The van der Waals surface area contributed by atoms with Gasteiger partial charge in [-0.25, -0.2) is 0 Å². The van der Waals surface area contributed by atoms with Gasteiger partial charge in [0.15, 0.2) is 6.29 Å². The zero-order valence-corrected chi connectivity index (χ0v) is 32.4. The Morgan fingerprint density at radius 3 is 2.12 bits per heavy atom. The number of ether oxygens (including phenoxy) is 2. The van der Waals surface area contributed by atoms with Crippen LogP contribution in [0.5, 0.6) is 0 Å². The summed E-state index contributed by atoms with van der Waals surface area (Å²) in [5.41, 5.74) is 11.0. The van der Waals surface area contributed by atoms with Crippen molar-refractivity contribution in [2.45, 2.75) is 88.4 Å². The average Bonchev–Trinajstić information content (AvgIpc) is 3.55. The van der Waals surface area contributed by atoms with E-state index >= 15 is 0 Å². The largest absolute Gasteiger partial charge is 0.397 e. The highest BCUT2D eigenvalue weighted by atomic mass is 16.7. The molecule has 3 saturated heterocycles. The van der Waals surface area contributed by atoms with Gasteiger partial charge >= 0.3 is 0 Å². The first-order chi connectivity index (χ1) is 27.8. The number of likely N-dealkylation sites (tertiary alicyclic amines) is 1. The molecule has 1 spiro atoms. The first-order valence-electron chi connectivity index (χ1n) is 20.2. The number of nitrogen functional groups attached to an aromatic ring is 1. The van der Waals surface area contributed by atoms with E-state index in [1.807, 2.05) is 78.9 Å². The molecule has 3 amide bonds. The topological polar surface area (TPSA) is 158 Å². The van der Waals surface area contributed by atoms with Gasteiger partial charge in [-0.1, -0.05) is 79.6 Å². The molecule has 7 rings (SSSR count). The molecule has 0 unspecified atom stereocenters. The molecule has 0 radical (unpaired) electrons. The van der Waals surface area contributed by atoms with Crippen molar-refractivity contribution in [3.8, 4) is 0 Å². The molecule has 300 valence electrons. The van der Waals surface area contributed by atoms with Crippen LogP contribution in [0.1, 0.15) is 86.9 Å². The van der Waals surface area contributed by atoms with Crippen LogP contribution in [0.15, 0.2) is 103 Å². The fraction of sp³-hybridized carbons (Fsp3) is 0.400. The highest BCUT2D eigenvalue weighted by molar-refractivity contribution is 5.94. The first kappa shape index (κ1) is 39.9. The molecule has 3 aliphatic heterocycles. The van der Waals surface area contributed by atoms with Gasteiger partial charge < -0.3 is 46.1 Å². The highest BCUT2D eigenvalue weighted by Gasteiger charge is 2.50. The minimum absolute atomic E-state index is 0.0224. The molecule has 3 heterocycles. The van der Waals surface area contributed by atoms with E-state index in [2.05, 4.69) is 37.9 Å². The lowest BCUT2D eigenvalue weighted by atomic mass is 9.85. The number of rotatable bonds is 15. The lowest BCUT2D eigenvalue weighted by Gasteiger charge is -2.45. The molecule has 57 heavy (non-hydrogen) atoms. The standard InChI is InChI=1S/C45H54N6O6/c46-38-12-8-9-13-39(38)49-42(54)15-7-2-1-6-14-41(53)48-35-22-20-34(21-23-35)43-56-37(28-40(57-43)33-18-16-32(30-52)17-19-33)29-50-26-24-45(25-27-50)44(55)47-31-51(45)36-10-4-3-5-11-36/h3-5,8-13,16-23,37,40,43,52H,1-2,6-7,14-15,24-31,46H2,(H,47,55)(H,48,53)(H,49,54)/t37-,40+,43+/m0/s1. The number of aliphatic hydroxyl groups is 1. The predicted octanol–water partition coefficient (Wildman–Crippen LogP) is 6.65. The summed E-state index contributed by atoms with van der Waals surface area (Å²) in [7, 11) is 0. The van der Waals surface area contributed by atoms with Crippen LogP contribution in [0.3, 0.4) is 0 Å². The number of nitrogens with two attached hydrogens (primary N) is 1. The number of unbranched alkanes of at least 4 members (excludes halogenated alkanes) is 3. The maximum Gasteiger partial charge on any atom is 0.247 e. The van der Waals surface area contributed by atoms with E-state index in [0.29, 0.717) is 49.5 Å². The van der Waals surface area contributed by atoms with Crippen LogP contribution in [-0.4, -0.2) is 65.7 Å². The van der Waals surface area contributed by atoms with Gasteiger partial charge in [-0.2, -0.15) is 0 Å². The molecule has 0 bridgehead atoms. The van der Waals surface area contributed by atoms with Gasteiger partial charge in [0.1, 0.15) is 5.54 Å². The van der Waals surface area contributed by atoms with Crippen molar-refractivity contribution in [2.75, 3.05) is 47.6 Å². The van der Waals surface area contributed by atoms with Crippen molar-refractivity contribution in [3.05, 3.63) is 120 Å². The number of amides is 3. The zero-order chi connectivity index (χ0) is 39.6. The molecule has 0 aliphatic carbocycles. The summed E-state index contributed by atoms with van der Waals surface area (Å²) in [4.78, 5) is 42.9. The maximum atomic E-state index is 13.2. The van der Waals surface area contributed by atoms with E-state index in [-0.39, 0.29) is 36.5 Å². The van der Waals surface area contributed by atoms with Crippen LogP contribution in [0, 0.1) is 0 Å². The zero-order valence-electron chi connectivity index (χ0n) is 32.4. The third-order valence-electron chi connectivity index (χ3n) is 11.4. The van der Waals surface area contributed by atoms with Crippen molar-refractivity contribution in [1.82, 2.24) is 10.2 Å². The quantitative estimate of drug-likeness (QED) is 0.0659. The molecule has 12 nitrogen and oxygen atoms in total. The summed E-state index contributed by atoms with van der Waals surface area (Å²) in [6.45, 7) is 2.74. The van der Waals surface area contributed by atoms with E-state index < -0.39 is 11.8 Å². The second kappa shape index (κ2) is 18.8. The Hall–Kier alpha value is -5.27. The number of para-hydroxylation sites is 3. The first-order valence-corrected chi connectivity index (χ1v) is 20.2. The molecular formula is C45H54N6O6. The van der Waals surface area contributed by atoms with Crippen molar-refractivity contribution >= 4 is 40.5 Å². The van der Waals surface area contributed by atoms with E-state index in [1.165, 1.54) is 0 Å². The fourth-order valence-electron chi connectivity index (χ4n) is 8.15. The monoisotopic (exact) mass is 774 g/mol. The molecule has 0 aromatic heterocycles. The Kier molecular flexibility index (Phi) is 13.2. The van der Waals surface area contributed by atoms with Crippen LogP contribution >= 0.6 is 0 Å². The van der Waals surface area contributed by atoms with Gasteiger partial charge in [-0.05, 0) is 73.2 Å². The minimum atomic E-state index is -0.617. The molecular weight excluding hydrogens is 721 g/mol. The van der Waals surface area contributed by atoms with Crippen molar-refractivity contribution in [2.24, 2.45) is 0 Å². The molecule has 3 fully saturated rings. The van der Waals surface area contributed by atoms with Gasteiger partial charge in [-0.15, -0.1) is 0 Å². The van der Waals surface area contributed by atoms with Gasteiger partial charge in [0.2, 0.25) is 17.7 Å². The number of nitrogens with one attached hydrogen (secondary N) is 3. The molecule has 12 heteroatoms. The Bertz CT molecular complexity index is 1950. The van der Waals surface area contributed by atoms with Gasteiger partial charge in [0.05, 0.1) is 36.9 Å². The number of piperidine rings is 1. The normalized spacial score (nSPS) is 20.6. The Morgan fingerprint density at radius 1 is 0.789 bits per heavy atom. The summed E-state index contributed by atoms with van der Waals surface area (Å²) in [6, 6.07) is 32.8. The number of hydrogen-bond donors (Lipinski definition) is 5. The highest BCUT2D eigenvalue weighted by Crippen LogP contribution is 2.40. The van der Waals surface area contributed by atoms with E-state index in [4.69, 9.17) is 15.2 Å². The lowest BCUT2D eigenvalue weighted by Crippen LogP contribution is -2.57. The van der Waals surface area contributed by atoms with Crippen LogP contribution in [0.4, 0.5) is 22.7 Å². The number of carbonyl (C=O) groups is 3. The van der Waals surface area contributed by atoms with Crippen molar-refractivity contribution in [1.29, 1.82) is 0 Å². The summed E-state index contributed by atoms with van der Waals surface area (Å²) in [5.74, 6) is -0.0156. The number of benzene rings is 4. The fourth-order valence-corrected chi connectivity index (χ4v) is 8.15. The third-order valence-corrected chi connectivity index (χ3v) is 11.4. The second-order valence-corrected chi connectivity index (χ2v) is 15.3. The number of anilines is 4. The van der Waals surface area contributed by atoms with E-state index in [0.717, 1.165) is 74.0 Å². The molecule has 3 atom stereocenters. The van der Waals surface area contributed by atoms with Gasteiger partial charge in [0, 0.05) is 55.8 Å². The number of carbonyl (C=O) groups excluding carboxylic acids is 3. The average molecular weight is 775 g/mol. The smallest absolute Gasteiger partial charge is 0.247 e. The van der Waals surface area contributed by atoms with Crippen LogP contribution in [0.2, 0.25) is 0 Å². The van der Waals surface area contributed by atoms with Crippen LogP contribution in [0.25, 0.3) is 0 Å². The van der Waals surface area contributed by atoms with Crippen molar-refractivity contribution in [3.63, 3.8) is 0 Å². The molecule has 4 aromatic carbocycles. The summed E-state index contributed by atoms with van der Waals surface area (Å²) in [5, 5.41) is 18.6. The Balaban J connectivity index is 0.908. The second-order valence-electron chi connectivity index (χ2n) is 15.3.